The van der Waals surface area contributed by atoms with Gasteiger partial charge in [-0.1, -0.05) is 86.6 Å². The SMILES string of the molecule is COc1cccc(Cc2csc(N3CCN(S(=O)(=O)c4cc(Cl)ccc4Cl)CC3)n2)c1.O=S(=O)(c1cc(Cl)ccc1Cl)N1CCN(c2nc(Cc3cccc(Br)c3)cs2)CC1. The Morgan fingerprint density at radius 3 is 1.49 bits per heavy atom. The van der Waals surface area contributed by atoms with Gasteiger partial charge < -0.3 is 14.5 Å². The Hall–Kier alpha value is -3.00. The average molecular weight is 1050 g/mol. The highest BCUT2D eigenvalue weighted by Gasteiger charge is 2.32. The first-order valence-electron chi connectivity index (χ1n) is 18.9. The van der Waals surface area contributed by atoms with Crippen LogP contribution in [-0.4, -0.2) is 94.9 Å². The molecule has 2 fully saturated rings. The Balaban J connectivity index is 0.000000184. The number of anilines is 2. The fourth-order valence-electron chi connectivity index (χ4n) is 6.76. The lowest BCUT2D eigenvalue weighted by atomic mass is 10.1. The second kappa shape index (κ2) is 20.2. The van der Waals surface area contributed by atoms with Crippen LogP contribution in [0.4, 0.5) is 10.3 Å². The maximum absolute atomic E-state index is 13.0. The smallest absolute Gasteiger partial charge is 0.244 e. The molecule has 0 atom stereocenters. The number of aromatic nitrogens is 2. The summed E-state index contributed by atoms with van der Waals surface area (Å²) in [4.78, 5) is 13.8. The number of methoxy groups -OCH3 is 1. The van der Waals surface area contributed by atoms with Crippen LogP contribution in [0.15, 0.2) is 110 Å². The molecule has 0 N–H and O–H groups in total. The average Bonchev–Trinajstić information content (AvgIpc) is 3.93. The molecule has 0 unspecified atom stereocenters. The lowest BCUT2D eigenvalue weighted by Gasteiger charge is -2.34. The molecular formula is C41H39BrCl4N6O5S4. The first-order valence-corrected chi connectivity index (χ1v) is 25.8. The number of rotatable bonds is 11. The lowest BCUT2D eigenvalue weighted by Crippen LogP contribution is -2.48. The summed E-state index contributed by atoms with van der Waals surface area (Å²) in [6.45, 7) is 3.71. The van der Waals surface area contributed by atoms with Crippen molar-refractivity contribution in [1.29, 1.82) is 0 Å². The second-order valence-corrected chi connectivity index (χ2v) is 22.1. The van der Waals surface area contributed by atoms with Gasteiger partial charge in [-0.25, -0.2) is 26.8 Å². The third-order valence-corrected chi connectivity index (χ3v) is 17.5. The predicted octanol–water partition coefficient (Wildman–Crippen LogP) is 9.87. The van der Waals surface area contributed by atoms with Crippen molar-refractivity contribution in [3.8, 4) is 5.75 Å². The second-order valence-electron chi connectivity index (χ2n) is 14.0. The third kappa shape index (κ3) is 11.4. The van der Waals surface area contributed by atoms with Gasteiger partial charge in [0.05, 0.1) is 28.5 Å². The van der Waals surface area contributed by atoms with E-state index in [4.69, 9.17) is 61.1 Å². The highest BCUT2D eigenvalue weighted by Crippen LogP contribution is 2.32. The number of piperazine rings is 2. The lowest BCUT2D eigenvalue weighted by molar-refractivity contribution is 0.384. The maximum atomic E-state index is 13.0. The van der Waals surface area contributed by atoms with Crippen molar-refractivity contribution in [2.24, 2.45) is 0 Å². The van der Waals surface area contributed by atoms with E-state index in [0.717, 1.165) is 50.3 Å². The van der Waals surface area contributed by atoms with Gasteiger partial charge in [0.1, 0.15) is 15.5 Å². The number of hydrogen-bond acceptors (Lipinski definition) is 11. The predicted molar refractivity (Wildman–Crippen MR) is 252 cm³/mol. The van der Waals surface area contributed by atoms with Gasteiger partial charge in [-0.3, -0.25) is 0 Å². The topological polar surface area (TPSA) is 116 Å². The van der Waals surface area contributed by atoms with Crippen LogP contribution in [-0.2, 0) is 32.9 Å². The number of sulfonamides is 2. The fourth-order valence-corrected chi connectivity index (χ4v) is 13.3. The van der Waals surface area contributed by atoms with Gasteiger partial charge in [0.2, 0.25) is 20.0 Å². The van der Waals surface area contributed by atoms with Gasteiger partial charge in [-0.05, 0) is 71.8 Å². The molecule has 0 radical (unpaired) electrons. The summed E-state index contributed by atoms with van der Waals surface area (Å²) in [7, 11) is -5.74. The molecule has 0 aliphatic carbocycles. The van der Waals surface area contributed by atoms with Gasteiger partial charge in [0.15, 0.2) is 10.3 Å². The minimum atomic E-state index is -3.70. The van der Waals surface area contributed by atoms with Crippen LogP contribution in [0, 0.1) is 0 Å². The molecule has 2 saturated heterocycles. The van der Waals surface area contributed by atoms with Crippen LogP contribution < -0.4 is 14.5 Å². The minimum absolute atomic E-state index is 0.0462. The Morgan fingerprint density at radius 2 is 1.05 bits per heavy atom. The highest BCUT2D eigenvalue weighted by atomic mass is 79.9. The largest absolute Gasteiger partial charge is 0.497 e. The van der Waals surface area contributed by atoms with E-state index < -0.39 is 20.0 Å². The van der Waals surface area contributed by atoms with E-state index in [1.54, 1.807) is 41.9 Å². The molecule has 0 spiro atoms. The Labute approximate surface area is 392 Å². The summed E-state index contributed by atoms with van der Waals surface area (Å²) >= 11 is 30.8. The molecular weight excluding hydrogens is 1010 g/mol. The molecule has 11 nitrogen and oxygen atoms in total. The number of thiazole rings is 2. The molecule has 0 saturated carbocycles. The van der Waals surface area contributed by atoms with E-state index in [0.29, 0.717) is 62.4 Å². The van der Waals surface area contributed by atoms with Crippen molar-refractivity contribution in [2.75, 3.05) is 69.3 Å². The molecule has 8 rings (SSSR count). The van der Waals surface area contributed by atoms with Gasteiger partial charge in [0, 0.05) is 90.5 Å². The Morgan fingerprint density at radius 1 is 0.607 bits per heavy atom. The van der Waals surface area contributed by atoms with Gasteiger partial charge in [-0.15, -0.1) is 22.7 Å². The summed E-state index contributed by atoms with van der Waals surface area (Å²) in [5.41, 5.74) is 4.31. The number of ether oxygens (including phenoxy) is 1. The summed E-state index contributed by atoms with van der Waals surface area (Å²) in [6, 6.07) is 25.1. The van der Waals surface area contributed by atoms with E-state index in [2.05, 4.69) is 43.2 Å². The number of halogens is 5. The highest BCUT2D eigenvalue weighted by molar-refractivity contribution is 9.10. The van der Waals surface area contributed by atoms with Crippen molar-refractivity contribution < 1.29 is 21.6 Å². The first-order chi connectivity index (χ1) is 29.2. The molecule has 6 aromatic rings. The third-order valence-electron chi connectivity index (χ3n) is 9.91. The van der Waals surface area contributed by atoms with Gasteiger partial charge >= 0.3 is 0 Å². The van der Waals surface area contributed by atoms with Crippen LogP contribution in [0.1, 0.15) is 22.5 Å². The van der Waals surface area contributed by atoms with E-state index in [-0.39, 0.29) is 19.8 Å². The Bertz CT molecular complexity index is 2710. The van der Waals surface area contributed by atoms with Crippen LogP contribution in [0.25, 0.3) is 0 Å². The summed E-state index contributed by atoms with van der Waals surface area (Å²) in [6.07, 6.45) is 1.48. The first kappa shape index (κ1) is 46.0. The zero-order chi connectivity index (χ0) is 43.3. The van der Waals surface area contributed by atoms with Crippen molar-refractivity contribution >= 4 is 115 Å². The van der Waals surface area contributed by atoms with Crippen LogP contribution in [0.5, 0.6) is 5.75 Å². The van der Waals surface area contributed by atoms with Gasteiger partial charge in [0.25, 0.3) is 0 Å². The molecule has 0 bridgehead atoms. The molecule has 4 aromatic carbocycles. The van der Waals surface area contributed by atoms with E-state index >= 15 is 0 Å². The molecule has 2 aromatic heterocycles. The van der Waals surface area contributed by atoms with Crippen molar-refractivity contribution in [3.05, 3.63) is 143 Å². The number of hydrogen-bond donors (Lipinski definition) is 0. The van der Waals surface area contributed by atoms with Crippen LogP contribution in [0.2, 0.25) is 20.1 Å². The molecule has 20 heteroatoms. The van der Waals surface area contributed by atoms with E-state index in [9.17, 15) is 16.8 Å². The van der Waals surface area contributed by atoms with E-state index in [1.807, 2.05) is 41.8 Å². The quantitative estimate of drug-likeness (QED) is 0.125. The van der Waals surface area contributed by atoms with Crippen molar-refractivity contribution in [1.82, 2.24) is 18.6 Å². The zero-order valence-corrected chi connectivity index (χ0v) is 40.4. The zero-order valence-electron chi connectivity index (χ0n) is 32.6. The number of benzene rings is 4. The Kier molecular flexibility index (Phi) is 15.3. The fraction of sp³-hybridized carbons (Fsp3) is 0.268. The molecule has 0 amide bonds. The molecule has 61 heavy (non-hydrogen) atoms. The van der Waals surface area contributed by atoms with Crippen molar-refractivity contribution in [2.45, 2.75) is 22.6 Å². The summed E-state index contributed by atoms with van der Waals surface area (Å²) in [5.74, 6) is 0.824. The minimum Gasteiger partial charge on any atom is -0.497 e. The molecule has 2 aliphatic rings. The summed E-state index contributed by atoms with van der Waals surface area (Å²) in [5, 5.41) is 6.96. The van der Waals surface area contributed by atoms with E-state index in [1.165, 1.54) is 38.4 Å². The molecule has 4 heterocycles. The molecule has 322 valence electrons. The normalized spacial score (nSPS) is 15.4. The maximum Gasteiger partial charge on any atom is 0.244 e. The standard InChI is InChI=1S/C21H21Cl2N3O3S2.C20H18BrCl2N3O2S2/c1-29-18-4-2-3-15(12-18)11-17-14-30-21(24-17)25-7-9-26(10-8-25)31(27,28)20-13-16(22)5-6-19(20)23;21-15-3-1-2-14(10-15)11-17-13-29-20(24-17)25-6-8-26(9-7-25)30(27,28)19-12-16(22)4-5-18(19)23/h2-6,12-14H,7-11H2,1H3;1-5,10,12-13H,6-9,11H2. The summed E-state index contributed by atoms with van der Waals surface area (Å²) < 4.78 is 61.2. The molecule has 2 aliphatic heterocycles. The van der Waals surface area contributed by atoms with Crippen LogP contribution >= 0.6 is 85.0 Å². The van der Waals surface area contributed by atoms with Gasteiger partial charge in [-0.2, -0.15) is 8.61 Å². The van der Waals surface area contributed by atoms with Crippen molar-refractivity contribution in [3.63, 3.8) is 0 Å². The monoisotopic (exact) mass is 1040 g/mol. The number of nitrogens with zero attached hydrogens (tertiary/aromatic N) is 6. The van der Waals surface area contributed by atoms with Crippen LogP contribution in [0.3, 0.4) is 0 Å².